The topological polar surface area (TPSA) is 70.1 Å². The Labute approximate surface area is 172 Å². The van der Waals surface area contributed by atoms with Crippen LogP contribution in [0.25, 0.3) is 5.57 Å². The van der Waals surface area contributed by atoms with Gasteiger partial charge in [0.15, 0.2) is 0 Å². The highest BCUT2D eigenvalue weighted by atomic mass is 35.5. The molecule has 0 spiro atoms. The van der Waals surface area contributed by atoms with Crippen molar-refractivity contribution in [3.8, 4) is 5.75 Å². The minimum absolute atomic E-state index is 0.147. The summed E-state index contributed by atoms with van der Waals surface area (Å²) < 4.78 is 19.0. The Bertz CT molecular complexity index is 975. The van der Waals surface area contributed by atoms with Gasteiger partial charge in [0.25, 0.3) is 11.8 Å². The van der Waals surface area contributed by atoms with Crippen LogP contribution < -0.4 is 9.64 Å². The first-order valence-electron chi connectivity index (χ1n) is 9.02. The van der Waals surface area contributed by atoms with E-state index in [2.05, 4.69) is 0 Å². The van der Waals surface area contributed by atoms with E-state index >= 15 is 0 Å². The van der Waals surface area contributed by atoms with Gasteiger partial charge in [-0.15, -0.1) is 0 Å². The molecule has 0 saturated heterocycles. The monoisotopic (exact) mass is 418 g/mol. The molecular weight excluding hydrogens is 399 g/mol. The van der Waals surface area contributed by atoms with Crippen LogP contribution in [0.1, 0.15) is 12.5 Å². The summed E-state index contributed by atoms with van der Waals surface area (Å²) in [5, 5.41) is 9.11. The number of hydrogen-bond acceptors (Lipinski definition) is 5. The number of halogens is 2. The van der Waals surface area contributed by atoms with Gasteiger partial charge < -0.3 is 14.7 Å². The molecule has 2 aromatic rings. The predicted octanol–water partition coefficient (Wildman–Crippen LogP) is 3.09. The fourth-order valence-corrected chi connectivity index (χ4v) is 3.31. The summed E-state index contributed by atoms with van der Waals surface area (Å²) in [5.74, 6) is -1.13. The Hall–Kier alpha value is -2.90. The second kappa shape index (κ2) is 8.63. The number of hydrogen-bond donors (Lipinski definition) is 1. The maximum Gasteiger partial charge on any atom is 0.282 e. The van der Waals surface area contributed by atoms with Gasteiger partial charge in [-0.25, -0.2) is 9.29 Å². The lowest BCUT2D eigenvalue weighted by atomic mass is 10.0. The third kappa shape index (κ3) is 3.97. The zero-order chi connectivity index (χ0) is 21.1. The SMILES string of the molecule is CCOc1ccc(C2=C(N(C)CCO)C(=O)N(c3ccc(F)c(Cl)c3)C2=O)cc1. The predicted molar refractivity (Wildman–Crippen MR) is 108 cm³/mol. The number of aliphatic hydroxyl groups is 1. The second-order valence-electron chi connectivity index (χ2n) is 6.37. The molecule has 2 amide bonds. The Kier molecular flexibility index (Phi) is 6.20. The van der Waals surface area contributed by atoms with Gasteiger partial charge in [-0.05, 0) is 42.8 Å². The molecule has 1 aliphatic rings. The van der Waals surface area contributed by atoms with Crippen molar-refractivity contribution in [1.29, 1.82) is 0 Å². The average molecular weight is 419 g/mol. The molecule has 0 saturated carbocycles. The van der Waals surface area contributed by atoms with E-state index in [0.717, 1.165) is 11.0 Å². The molecule has 152 valence electrons. The van der Waals surface area contributed by atoms with Crippen molar-refractivity contribution in [2.45, 2.75) is 6.92 Å². The van der Waals surface area contributed by atoms with Gasteiger partial charge in [0.1, 0.15) is 17.3 Å². The van der Waals surface area contributed by atoms with Crippen LogP contribution in [0, 0.1) is 5.82 Å². The molecule has 3 rings (SSSR count). The smallest absolute Gasteiger partial charge is 0.282 e. The summed E-state index contributed by atoms with van der Waals surface area (Å²) in [6.07, 6.45) is 0. The number of carbonyl (C=O) groups excluding carboxylic acids is 2. The molecule has 1 aliphatic heterocycles. The Morgan fingerprint density at radius 3 is 2.41 bits per heavy atom. The van der Waals surface area contributed by atoms with E-state index in [1.807, 2.05) is 6.92 Å². The van der Waals surface area contributed by atoms with Crippen molar-refractivity contribution in [3.05, 3.63) is 64.6 Å². The number of anilines is 1. The highest BCUT2D eigenvalue weighted by molar-refractivity contribution is 6.45. The highest BCUT2D eigenvalue weighted by Crippen LogP contribution is 2.36. The number of nitrogens with zero attached hydrogens (tertiary/aromatic N) is 2. The lowest BCUT2D eigenvalue weighted by Crippen LogP contribution is -2.34. The molecule has 1 N–H and O–H groups in total. The minimum Gasteiger partial charge on any atom is -0.494 e. The van der Waals surface area contributed by atoms with E-state index < -0.39 is 17.6 Å². The van der Waals surface area contributed by atoms with Gasteiger partial charge in [-0.3, -0.25) is 9.59 Å². The standard InChI is InChI=1S/C21H20ClFN2O4/c1-3-29-15-7-4-13(5-8-15)18-19(24(2)10-11-26)21(28)25(20(18)27)14-6-9-17(23)16(22)12-14/h4-9,12,26H,3,10-11H2,1-2H3. The van der Waals surface area contributed by atoms with Crippen LogP contribution in [0.4, 0.5) is 10.1 Å². The summed E-state index contributed by atoms with van der Waals surface area (Å²) in [7, 11) is 1.62. The maximum absolute atomic E-state index is 13.5. The molecule has 2 aromatic carbocycles. The number of amides is 2. The van der Waals surface area contributed by atoms with Crippen molar-refractivity contribution in [2.75, 3.05) is 31.7 Å². The quantitative estimate of drug-likeness (QED) is 0.700. The van der Waals surface area contributed by atoms with E-state index in [0.29, 0.717) is 17.9 Å². The van der Waals surface area contributed by atoms with Gasteiger partial charge in [0.2, 0.25) is 0 Å². The number of carbonyl (C=O) groups is 2. The van der Waals surface area contributed by atoms with Crippen LogP contribution >= 0.6 is 11.6 Å². The van der Waals surface area contributed by atoms with E-state index in [1.165, 1.54) is 17.0 Å². The molecule has 0 aromatic heterocycles. The van der Waals surface area contributed by atoms with Gasteiger partial charge in [-0.2, -0.15) is 0 Å². The highest BCUT2D eigenvalue weighted by Gasteiger charge is 2.41. The third-order valence-electron chi connectivity index (χ3n) is 4.49. The zero-order valence-electron chi connectivity index (χ0n) is 16.0. The number of aliphatic hydroxyl groups excluding tert-OH is 1. The molecule has 1 heterocycles. The van der Waals surface area contributed by atoms with Gasteiger partial charge in [0.05, 0.1) is 29.5 Å². The third-order valence-corrected chi connectivity index (χ3v) is 4.78. The molecule has 0 bridgehead atoms. The molecule has 0 unspecified atom stereocenters. The molecule has 0 aliphatic carbocycles. The molecule has 29 heavy (non-hydrogen) atoms. The first-order valence-corrected chi connectivity index (χ1v) is 9.40. The molecular formula is C21H20ClFN2O4. The summed E-state index contributed by atoms with van der Waals surface area (Å²) >= 11 is 5.84. The Morgan fingerprint density at radius 1 is 1.14 bits per heavy atom. The number of ether oxygens (including phenoxy) is 1. The Balaban J connectivity index is 2.08. The van der Waals surface area contributed by atoms with Crippen molar-refractivity contribution >= 4 is 34.7 Å². The largest absolute Gasteiger partial charge is 0.494 e. The van der Waals surface area contributed by atoms with E-state index in [9.17, 15) is 19.1 Å². The summed E-state index contributed by atoms with van der Waals surface area (Å²) in [6.45, 7) is 2.33. The fourth-order valence-electron chi connectivity index (χ4n) is 3.14. The van der Waals surface area contributed by atoms with E-state index in [4.69, 9.17) is 16.3 Å². The first-order chi connectivity index (χ1) is 13.9. The van der Waals surface area contributed by atoms with Crippen LogP contribution in [0.3, 0.4) is 0 Å². The van der Waals surface area contributed by atoms with Crippen LogP contribution in [0.2, 0.25) is 5.02 Å². The molecule has 0 radical (unpaired) electrons. The zero-order valence-corrected chi connectivity index (χ0v) is 16.7. The lowest BCUT2D eigenvalue weighted by molar-refractivity contribution is -0.120. The van der Waals surface area contributed by atoms with Crippen LogP contribution in [0.5, 0.6) is 5.75 Å². The van der Waals surface area contributed by atoms with Crippen LogP contribution in [-0.2, 0) is 9.59 Å². The summed E-state index contributed by atoms with van der Waals surface area (Å²) in [4.78, 5) is 28.9. The fraction of sp³-hybridized carbons (Fsp3) is 0.238. The number of benzene rings is 2. The molecule has 0 fully saturated rings. The van der Waals surface area contributed by atoms with Crippen molar-refractivity contribution in [2.24, 2.45) is 0 Å². The van der Waals surface area contributed by atoms with Gasteiger partial charge in [-0.1, -0.05) is 23.7 Å². The number of imide groups is 1. The summed E-state index contributed by atoms with van der Waals surface area (Å²) in [5.41, 5.74) is 1.03. The van der Waals surface area contributed by atoms with Crippen molar-refractivity contribution in [1.82, 2.24) is 4.90 Å². The summed E-state index contributed by atoms with van der Waals surface area (Å²) in [6, 6.07) is 10.5. The van der Waals surface area contributed by atoms with Gasteiger partial charge >= 0.3 is 0 Å². The minimum atomic E-state index is -0.646. The number of likely N-dealkylation sites (N-methyl/N-ethyl adjacent to an activating group) is 1. The Morgan fingerprint density at radius 2 is 1.83 bits per heavy atom. The maximum atomic E-state index is 13.5. The first kappa shape index (κ1) is 20.8. The second-order valence-corrected chi connectivity index (χ2v) is 6.78. The van der Waals surface area contributed by atoms with E-state index in [1.54, 1.807) is 31.3 Å². The number of rotatable bonds is 7. The average Bonchev–Trinajstić information content (AvgIpc) is 2.95. The lowest BCUT2D eigenvalue weighted by Gasteiger charge is -2.20. The van der Waals surface area contributed by atoms with E-state index in [-0.39, 0.29) is 35.1 Å². The molecule has 8 heteroatoms. The molecule has 0 atom stereocenters. The van der Waals surface area contributed by atoms with Crippen LogP contribution in [0.15, 0.2) is 48.2 Å². The normalized spacial score (nSPS) is 14.0. The van der Waals surface area contributed by atoms with Crippen LogP contribution in [-0.4, -0.2) is 48.6 Å². The van der Waals surface area contributed by atoms with Crippen molar-refractivity contribution < 1.29 is 23.8 Å². The molecule has 6 nitrogen and oxygen atoms in total. The van der Waals surface area contributed by atoms with Gasteiger partial charge in [0, 0.05) is 13.6 Å². The van der Waals surface area contributed by atoms with Crippen molar-refractivity contribution in [3.63, 3.8) is 0 Å².